The SMILES string of the molecule is CCCC(=O)c1ccc(OCc2ccccc2)cc1. The van der Waals surface area contributed by atoms with Gasteiger partial charge in [-0.15, -0.1) is 0 Å². The molecule has 0 aliphatic rings. The van der Waals surface area contributed by atoms with Gasteiger partial charge in [0.05, 0.1) is 0 Å². The van der Waals surface area contributed by atoms with Gasteiger partial charge in [0.25, 0.3) is 0 Å². The topological polar surface area (TPSA) is 26.3 Å². The Morgan fingerprint density at radius 1 is 1.00 bits per heavy atom. The Labute approximate surface area is 114 Å². The number of ketones is 1. The van der Waals surface area contributed by atoms with Crippen LogP contribution in [-0.2, 0) is 6.61 Å². The van der Waals surface area contributed by atoms with E-state index in [0.717, 1.165) is 23.3 Å². The van der Waals surface area contributed by atoms with E-state index in [4.69, 9.17) is 4.74 Å². The minimum atomic E-state index is 0.192. The van der Waals surface area contributed by atoms with Crippen molar-refractivity contribution in [2.45, 2.75) is 26.4 Å². The highest BCUT2D eigenvalue weighted by Crippen LogP contribution is 2.15. The zero-order valence-corrected chi connectivity index (χ0v) is 11.1. The van der Waals surface area contributed by atoms with E-state index in [9.17, 15) is 4.79 Å². The largest absolute Gasteiger partial charge is 0.489 e. The summed E-state index contributed by atoms with van der Waals surface area (Å²) in [6, 6.07) is 17.4. The second-order valence-electron chi connectivity index (χ2n) is 4.47. The molecule has 2 rings (SSSR count). The van der Waals surface area contributed by atoms with Crippen molar-refractivity contribution < 1.29 is 9.53 Å². The van der Waals surface area contributed by atoms with Crippen LogP contribution in [0.4, 0.5) is 0 Å². The van der Waals surface area contributed by atoms with Crippen molar-refractivity contribution in [3.63, 3.8) is 0 Å². The molecule has 0 N–H and O–H groups in total. The van der Waals surface area contributed by atoms with Gasteiger partial charge in [-0.2, -0.15) is 0 Å². The molecular weight excluding hydrogens is 236 g/mol. The van der Waals surface area contributed by atoms with Gasteiger partial charge in [-0.05, 0) is 36.2 Å². The van der Waals surface area contributed by atoms with Gasteiger partial charge in [0.1, 0.15) is 12.4 Å². The van der Waals surface area contributed by atoms with E-state index in [1.54, 1.807) is 0 Å². The van der Waals surface area contributed by atoms with Gasteiger partial charge in [0.2, 0.25) is 0 Å². The molecule has 0 amide bonds. The summed E-state index contributed by atoms with van der Waals surface area (Å²) in [5.41, 5.74) is 1.89. The van der Waals surface area contributed by atoms with E-state index in [0.29, 0.717) is 13.0 Å². The van der Waals surface area contributed by atoms with E-state index in [1.165, 1.54) is 0 Å². The molecule has 2 heteroatoms. The Morgan fingerprint density at radius 2 is 1.68 bits per heavy atom. The van der Waals surface area contributed by atoms with Crippen LogP contribution in [0.2, 0.25) is 0 Å². The molecule has 2 aromatic carbocycles. The lowest BCUT2D eigenvalue weighted by Gasteiger charge is -2.07. The number of ether oxygens (including phenoxy) is 1. The molecule has 0 fully saturated rings. The maximum absolute atomic E-state index is 11.7. The molecule has 0 aliphatic heterocycles. The summed E-state index contributed by atoms with van der Waals surface area (Å²) in [6.45, 7) is 2.55. The fourth-order valence-corrected chi connectivity index (χ4v) is 1.85. The lowest BCUT2D eigenvalue weighted by atomic mass is 10.1. The molecule has 0 unspecified atom stereocenters. The van der Waals surface area contributed by atoms with Crippen molar-refractivity contribution in [1.29, 1.82) is 0 Å². The Balaban J connectivity index is 1.94. The first kappa shape index (κ1) is 13.3. The Hall–Kier alpha value is -2.09. The van der Waals surface area contributed by atoms with Crippen LogP contribution in [0.3, 0.4) is 0 Å². The highest BCUT2D eigenvalue weighted by Gasteiger charge is 2.04. The lowest BCUT2D eigenvalue weighted by Crippen LogP contribution is -1.99. The van der Waals surface area contributed by atoms with E-state index < -0.39 is 0 Å². The maximum Gasteiger partial charge on any atom is 0.162 e. The summed E-state index contributed by atoms with van der Waals surface area (Å²) in [4.78, 5) is 11.7. The number of hydrogen-bond donors (Lipinski definition) is 0. The third kappa shape index (κ3) is 3.95. The predicted molar refractivity (Wildman–Crippen MR) is 76.5 cm³/mol. The average molecular weight is 254 g/mol. The number of benzene rings is 2. The molecule has 0 bridgehead atoms. The lowest BCUT2D eigenvalue weighted by molar-refractivity contribution is 0.0981. The fraction of sp³-hybridized carbons (Fsp3) is 0.235. The first-order valence-corrected chi connectivity index (χ1v) is 6.59. The van der Waals surface area contributed by atoms with E-state index in [2.05, 4.69) is 0 Å². The third-order valence-electron chi connectivity index (χ3n) is 2.90. The number of carbonyl (C=O) groups excluding carboxylic acids is 1. The summed E-state index contributed by atoms with van der Waals surface area (Å²) >= 11 is 0. The van der Waals surface area contributed by atoms with Gasteiger partial charge in [-0.3, -0.25) is 4.79 Å². The van der Waals surface area contributed by atoms with Crippen LogP contribution >= 0.6 is 0 Å². The highest BCUT2D eigenvalue weighted by atomic mass is 16.5. The van der Waals surface area contributed by atoms with Gasteiger partial charge in [-0.1, -0.05) is 37.3 Å². The minimum absolute atomic E-state index is 0.192. The molecule has 0 saturated carbocycles. The zero-order valence-electron chi connectivity index (χ0n) is 11.1. The number of hydrogen-bond acceptors (Lipinski definition) is 2. The van der Waals surface area contributed by atoms with Gasteiger partial charge in [0, 0.05) is 12.0 Å². The zero-order chi connectivity index (χ0) is 13.5. The van der Waals surface area contributed by atoms with Crippen molar-refractivity contribution in [2.24, 2.45) is 0 Å². The maximum atomic E-state index is 11.7. The molecule has 0 aromatic heterocycles. The van der Waals surface area contributed by atoms with E-state index >= 15 is 0 Å². The molecule has 0 aliphatic carbocycles. The van der Waals surface area contributed by atoms with Crippen LogP contribution in [-0.4, -0.2) is 5.78 Å². The third-order valence-corrected chi connectivity index (χ3v) is 2.90. The second-order valence-corrected chi connectivity index (χ2v) is 4.47. The summed E-state index contributed by atoms with van der Waals surface area (Å²) in [6.07, 6.45) is 1.48. The van der Waals surface area contributed by atoms with Gasteiger partial charge < -0.3 is 4.74 Å². The Morgan fingerprint density at radius 3 is 2.32 bits per heavy atom. The molecule has 0 spiro atoms. The van der Waals surface area contributed by atoms with Crippen LogP contribution in [0, 0.1) is 0 Å². The van der Waals surface area contributed by atoms with Crippen LogP contribution in [0.25, 0.3) is 0 Å². The van der Waals surface area contributed by atoms with Gasteiger partial charge in [0.15, 0.2) is 5.78 Å². The fourth-order valence-electron chi connectivity index (χ4n) is 1.85. The molecule has 98 valence electrons. The normalized spacial score (nSPS) is 10.2. The highest BCUT2D eigenvalue weighted by molar-refractivity contribution is 5.96. The van der Waals surface area contributed by atoms with Gasteiger partial charge in [-0.25, -0.2) is 0 Å². The monoisotopic (exact) mass is 254 g/mol. The number of carbonyl (C=O) groups is 1. The van der Waals surface area contributed by atoms with Crippen LogP contribution < -0.4 is 4.74 Å². The summed E-state index contributed by atoms with van der Waals surface area (Å²) in [7, 11) is 0. The Bertz CT molecular complexity index is 515. The van der Waals surface area contributed by atoms with Crippen molar-refractivity contribution in [3.05, 3.63) is 65.7 Å². The first-order valence-electron chi connectivity index (χ1n) is 6.59. The molecule has 0 radical (unpaired) electrons. The number of Topliss-reactive ketones (excluding diaryl/α,β-unsaturated/α-hetero) is 1. The molecular formula is C17H18O2. The average Bonchev–Trinajstić information content (AvgIpc) is 2.47. The van der Waals surface area contributed by atoms with Crippen molar-refractivity contribution in [3.8, 4) is 5.75 Å². The number of rotatable bonds is 6. The summed E-state index contributed by atoms with van der Waals surface area (Å²) in [5.74, 6) is 0.981. The first-order chi connectivity index (χ1) is 9.29. The molecule has 0 saturated heterocycles. The molecule has 2 nitrogen and oxygen atoms in total. The summed E-state index contributed by atoms with van der Waals surface area (Å²) < 4.78 is 5.68. The van der Waals surface area contributed by atoms with Crippen LogP contribution in [0.15, 0.2) is 54.6 Å². The quantitative estimate of drug-likeness (QED) is 0.720. The minimum Gasteiger partial charge on any atom is -0.489 e. The van der Waals surface area contributed by atoms with Gasteiger partial charge >= 0.3 is 0 Å². The standard InChI is InChI=1S/C17H18O2/c1-2-6-17(18)15-9-11-16(12-10-15)19-13-14-7-4-3-5-8-14/h3-5,7-12H,2,6,13H2,1H3. The molecule has 19 heavy (non-hydrogen) atoms. The smallest absolute Gasteiger partial charge is 0.162 e. The Kier molecular flexibility index (Phi) is 4.73. The molecule has 0 atom stereocenters. The summed E-state index contributed by atoms with van der Waals surface area (Å²) in [5, 5.41) is 0. The van der Waals surface area contributed by atoms with Crippen molar-refractivity contribution in [1.82, 2.24) is 0 Å². The van der Waals surface area contributed by atoms with Crippen molar-refractivity contribution >= 4 is 5.78 Å². The van der Waals surface area contributed by atoms with Crippen LogP contribution in [0.1, 0.15) is 35.7 Å². The van der Waals surface area contributed by atoms with E-state index in [-0.39, 0.29) is 5.78 Å². The predicted octanol–water partition coefficient (Wildman–Crippen LogP) is 4.25. The second kappa shape index (κ2) is 6.74. The van der Waals surface area contributed by atoms with Crippen molar-refractivity contribution in [2.75, 3.05) is 0 Å². The molecule has 2 aromatic rings. The van der Waals surface area contributed by atoms with Crippen LogP contribution in [0.5, 0.6) is 5.75 Å². The molecule has 0 heterocycles. The van der Waals surface area contributed by atoms with E-state index in [1.807, 2.05) is 61.5 Å².